The minimum Gasteiger partial charge on any atom is -0.343 e. The van der Waals surface area contributed by atoms with Gasteiger partial charge in [0, 0.05) is 20.0 Å². The van der Waals surface area contributed by atoms with Gasteiger partial charge in [0.2, 0.25) is 5.91 Å². The van der Waals surface area contributed by atoms with Gasteiger partial charge in [-0.25, -0.2) is 0 Å². The van der Waals surface area contributed by atoms with E-state index in [4.69, 9.17) is 7.85 Å². The fourth-order valence-corrected chi connectivity index (χ4v) is 2.44. The molecule has 1 fully saturated rings. The highest BCUT2D eigenvalue weighted by molar-refractivity contribution is 6.32. The Labute approximate surface area is 104 Å². The molecule has 0 atom stereocenters. The van der Waals surface area contributed by atoms with Crippen molar-refractivity contribution in [3.8, 4) is 0 Å². The lowest BCUT2D eigenvalue weighted by atomic mass is 9.88. The molecule has 2 nitrogen and oxygen atoms in total. The lowest BCUT2D eigenvalue weighted by molar-refractivity contribution is -0.130. The fourth-order valence-electron chi connectivity index (χ4n) is 2.44. The monoisotopic (exact) mass is 227 g/mol. The third-order valence-corrected chi connectivity index (χ3v) is 3.56. The molecule has 2 rings (SSSR count). The zero-order valence-corrected chi connectivity index (χ0v) is 10.4. The Balaban J connectivity index is 1.85. The average Bonchev–Trinajstić information content (AvgIpc) is 2.33. The molecule has 1 aliphatic heterocycles. The van der Waals surface area contributed by atoms with E-state index in [-0.39, 0.29) is 5.91 Å². The Morgan fingerprint density at radius 3 is 2.41 bits per heavy atom. The summed E-state index contributed by atoms with van der Waals surface area (Å²) in [5.41, 5.74) is 2.17. The van der Waals surface area contributed by atoms with E-state index < -0.39 is 0 Å². The summed E-state index contributed by atoms with van der Waals surface area (Å²) in [6, 6.07) is 8.12. The number of hydrogen-bond donors (Lipinski definition) is 0. The number of nitrogens with zero attached hydrogens (tertiary/aromatic N) is 1. The number of piperidine rings is 1. The second-order valence-electron chi connectivity index (χ2n) is 4.90. The SMILES string of the molecule is [B]c1ccc(CC2CCN(C(C)=O)CC2)cc1. The van der Waals surface area contributed by atoms with Crippen LogP contribution in [-0.4, -0.2) is 31.7 Å². The van der Waals surface area contributed by atoms with Crippen LogP contribution in [0.25, 0.3) is 0 Å². The summed E-state index contributed by atoms with van der Waals surface area (Å²) in [5, 5.41) is 0. The van der Waals surface area contributed by atoms with E-state index in [1.165, 1.54) is 5.56 Å². The largest absolute Gasteiger partial charge is 0.343 e. The lowest BCUT2D eigenvalue weighted by Crippen LogP contribution is -2.37. The van der Waals surface area contributed by atoms with Crippen molar-refractivity contribution in [3.05, 3.63) is 29.8 Å². The van der Waals surface area contributed by atoms with Gasteiger partial charge >= 0.3 is 0 Å². The van der Waals surface area contributed by atoms with Crippen molar-refractivity contribution in [3.63, 3.8) is 0 Å². The summed E-state index contributed by atoms with van der Waals surface area (Å²) in [4.78, 5) is 13.2. The quantitative estimate of drug-likeness (QED) is 0.697. The van der Waals surface area contributed by atoms with Crippen molar-refractivity contribution in [2.24, 2.45) is 5.92 Å². The maximum Gasteiger partial charge on any atom is 0.219 e. The van der Waals surface area contributed by atoms with E-state index in [0.717, 1.165) is 37.8 Å². The molecular formula is C14H18BNO. The van der Waals surface area contributed by atoms with Crippen molar-refractivity contribution in [1.82, 2.24) is 4.90 Å². The first-order valence-corrected chi connectivity index (χ1v) is 6.25. The van der Waals surface area contributed by atoms with Crippen molar-refractivity contribution >= 4 is 19.2 Å². The summed E-state index contributed by atoms with van der Waals surface area (Å²) >= 11 is 0. The second-order valence-corrected chi connectivity index (χ2v) is 4.90. The normalized spacial score (nSPS) is 17.1. The molecule has 0 saturated carbocycles. The molecule has 1 aliphatic rings. The summed E-state index contributed by atoms with van der Waals surface area (Å²) < 4.78 is 0. The molecule has 1 heterocycles. The Kier molecular flexibility index (Phi) is 3.87. The minimum absolute atomic E-state index is 0.205. The van der Waals surface area contributed by atoms with Crippen LogP contribution in [0.15, 0.2) is 24.3 Å². The molecular weight excluding hydrogens is 209 g/mol. The van der Waals surface area contributed by atoms with E-state index in [2.05, 4.69) is 12.1 Å². The van der Waals surface area contributed by atoms with Crippen molar-refractivity contribution < 1.29 is 4.79 Å². The molecule has 2 radical (unpaired) electrons. The second kappa shape index (κ2) is 5.39. The molecule has 0 spiro atoms. The first-order chi connectivity index (χ1) is 8.15. The predicted octanol–water partition coefficient (Wildman–Crippen LogP) is 1.28. The van der Waals surface area contributed by atoms with Crippen LogP contribution in [0, 0.1) is 5.92 Å². The predicted molar refractivity (Wildman–Crippen MR) is 70.5 cm³/mol. The molecule has 0 bridgehead atoms. The Morgan fingerprint density at radius 2 is 1.88 bits per heavy atom. The van der Waals surface area contributed by atoms with Gasteiger partial charge in [0.05, 0.1) is 0 Å². The van der Waals surface area contributed by atoms with Gasteiger partial charge < -0.3 is 4.90 Å². The lowest BCUT2D eigenvalue weighted by Gasteiger charge is -2.31. The highest BCUT2D eigenvalue weighted by atomic mass is 16.2. The van der Waals surface area contributed by atoms with Gasteiger partial charge in [-0.3, -0.25) is 4.79 Å². The molecule has 0 aromatic heterocycles. The van der Waals surface area contributed by atoms with Crippen LogP contribution < -0.4 is 5.46 Å². The highest BCUT2D eigenvalue weighted by Gasteiger charge is 2.20. The minimum atomic E-state index is 0.205. The number of carbonyl (C=O) groups excluding carboxylic acids is 1. The van der Waals surface area contributed by atoms with E-state index in [1.807, 2.05) is 17.0 Å². The molecule has 1 aromatic carbocycles. The van der Waals surface area contributed by atoms with Gasteiger partial charge in [-0.05, 0) is 30.7 Å². The van der Waals surface area contributed by atoms with Crippen LogP contribution >= 0.6 is 0 Å². The van der Waals surface area contributed by atoms with Crippen LogP contribution in [0.3, 0.4) is 0 Å². The Bertz CT molecular complexity index is 380. The third-order valence-electron chi connectivity index (χ3n) is 3.56. The Hall–Kier alpha value is -1.25. The molecule has 0 N–H and O–H groups in total. The topological polar surface area (TPSA) is 20.3 Å². The van der Waals surface area contributed by atoms with E-state index in [1.54, 1.807) is 6.92 Å². The van der Waals surface area contributed by atoms with Crippen LogP contribution in [0.5, 0.6) is 0 Å². The average molecular weight is 227 g/mol. The molecule has 0 aliphatic carbocycles. The van der Waals surface area contributed by atoms with E-state index >= 15 is 0 Å². The standard InChI is InChI=1S/C14H18BNO/c1-11(17)16-8-6-13(7-9-16)10-12-2-4-14(15)5-3-12/h2-5,13H,6-10H2,1H3. The maximum atomic E-state index is 11.2. The van der Waals surface area contributed by atoms with Crippen molar-refractivity contribution in [2.45, 2.75) is 26.2 Å². The number of hydrogen-bond acceptors (Lipinski definition) is 1. The number of carbonyl (C=O) groups is 1. The molecule has 3 heteroatoms. The van der Waals surface area contributed by atoms with Gasteiger partial charge in [0.15, 0.2) is 0 Å². The van der Waals surface area contributed by atoms with Gasteiger partial charge in [0.1, 0.15) is 7.85 Å². The van der Waals surface area contributed by atoms with Gasteiger partial charge in [-0.1, -0.05) is 29.7 Å². The van der Waals surface area contributed by atoms with Gasteiger partial charge in [-0.2, -0.15) is 0 Å². The summed E-state index contributed by atoms with van der Waals surface area (Å²) in [6.07, 6.45) is 3.33. The number of amides is 1. The number of likely N-dealkylation sites (tertiary alicyclic amines) is 1. The number of rotatable bonds is 2. The van der Waals surface area contributed by atoms with Gasteiger partial charge in [-0.15, -0.1) is 0 Å². The molecule has 0 unspecified atom stereocenters. The maximum absolute atomic E-state index is 11.2. The third kappa shape index (κ3) is 3.35. The first kappa shape index (κ1) is 12.2. The van der Waals surface area contributed by atoms with Crippen molar-refractivity contribution in [2.75, 3.05) is 13.1 Å². The summed E-state index contributed by atoms with van der Waals surface area (Å²) in [6.45, 7) is 3.48. The highest BCUT2D eigenvalue weighted by Crippen LogP contribution is 2.21. The van der Waals surface area contributed by atoms with Crippen LogP contribution in [0.2, 0.25) is 0 Å². The molecule has 1 amide bonds. The molecule has 17 heavy (non-hydrogen) atoms. The van der Waals surface area contributed by atoms with Gasteiger partial charge in [0.25, 0.3) is 0 Å². The van der Waals surface area contributed by atoms with E-state index in [9.17, 15) is 4.79 Å². The van der Waals surface area contributed by atoms with Crippen LogP contribution in [-0.2, 0) is 11.2 Å². The van der Waals surface area contributed by atoms with Crippen LogP contribution in [0.1, 0.15) is 25.3 Å². The summed E-state index contributed by atoms with van der Waals surface area (Å²) in [7, 11) is 5.67. The fraction of sp³-hybridized carbons (Fsp3) is 0.500. The molecule has 88 valence electrons. The van der Waals surface area contributed by atoms with Crippen LogP contribution in [0.4, 0.5) is 0 Å². The molecule has 1 saturated heterocycles. The van der Waals surface area contributed by atoms with E-state index in [0.29, 0.717) is 5.92 Å². The summed E-state index contributed by atoms with van der Waals surface area (Å²) in [5.74, 6) is 0.908. The number of benzene rings is 1. The smallest absolute Gasteiger partial charge is 0.219 e. The zero-order chi connectivity index (χ0) is 12.3. The van der Waals surface area contributed by atoms with Crippen molar-refractivity contribution in [1.29, 1.82) is 0 Å². The Morgan fingerprint density at radius 1 is 1.29 bits per heavy atom. The first-order valence-electron chi connectivity index (χ1n) is 6.25. The molecule has 1 aromatic rings. The zero-order valence-electron chi connectivity index (χ0n) is 10.4.